The summed E-state index contributed by atoms with van der Waals surface area (Å²) in [4.78, 5) is 0. The summed E-state index contributed by atoms with van der Waals surface area (Å²) < 4.78 is 0. The zero-order valence-electron chi connectivity index (χ0n) is 8.61. The highest BCUT2D eigenvalue weighted by molar-refractivity contribution is 5.06. The van der Waals surface area contributed by atoms with Gasteiger partial charge in [0.2, 0.25) is 0 Å². The molecule has 0 bridgehead atoms. The standard InChI is InChI=1S/C11H21N/c1-10(2)7-11(8-10)4-9(5-11)6-12-3/h9,12H,4-8H2,1-3H3. The number of hydrogen-bond donors (Lipinski definition) is 1. The molecule has 0 unspecified atom stereocenters. The van der Waals surface area contributed by atoms with E-state index in [4.69, 9.17) is 0 Å². The summed E-state index contributed by atoms with van der Waals surface area (Å²) in [6.07, 6.45) is 5.97. The SMILES string of the molecule is CNCC1CC2(C1)CC(C)(C)C2. The zero-order chi connectivity index (χ0) is 8.82. The molecule has 1 spiro atoms. The second-order valence-corrected chi connectivity index (χ2v) is 5.85. The Morgan fingerprint density at radius 1 is 1.25 bits per heavy atom. The van der Waals surface area contributed by atoms with Crippen LogP contribution in [0.25, 0.3) is 0 Å². The first-order chi connectivity index (χ1) is 5.55. The maximum atomic E-state index is 3.28. The van der Waals surface area contributed by atoms with E-state index >= 15 is 0 Å². The van der Waals surface area contributed by atoms with Crippen LogP contribution in [0.1, 0.15) is 39.5 Å². The molecule has 0 atom stereocenters. The Morgan fingerprint density at radius 2 is 1.83 bits per heavy atom. The molecule has 0 aliphatic heterocycles. The molecule has 0 aromatic carbocycles. The van der Waals surface area contributed by atoms with E-state index in [1.54, 1.807) is 0 Å². The average molecular weight is 167 g/mol. The fourth-order valence-electron chi connectivity index (χ4n) is 3.87. The molecule has 2 aliphatic carbocycles. The van der Waals surface area contributed by atoms with Crippen molar-refractivity contribution in [1.82, 2.24) is 5.32 Å². The van der Waals surface area contributed by atoms with E-state index in [9.17, 15) is 0 Å². The van der Waals surface area contributed by atoms with Crippen LogP contribution < -0.4 is 5.32 Å². The van der Waals surface area contributed by atoms with Gasteiger partial charge in [-0.25, -0.2) is 0 Å². The predicted octanol–water partition coefficient (Wildman–Crippen LogP) is 2.42. The van der Waals surface area contributed by atoms with Crippen LogP contribution in [-0.2, 0) is 0 Å². The first-order valence-corrected chi connectivity index (χ1v) is 5.20. The molecule has 1 nitrogen and oxygen atoms in total. The van der Waals surface area contributed by atoms with E-state index in [0.717, 1.165) is 11.3 Å². The lowest BCUT2D eigenvalue weighted by Crippen LogP contribution is -2.53. The van der Waals surface area contributed by atoms with Gasteiger partial charge in [0.25, 0.3) is 0 Å². The smallest absolute Gasteiger partial charge is 0.00231 e. The van der Waals surface area contributed by atoms with Gasteiger partial charge >= 0.3 is 0 Å². The van der Waals surface area contributed by atoms with Crippen LogP contribution in [0.5, 0.6) is 0 Å². The quantitative estimate of drug-likeness (QED) is 0.666. The van der Waals surface area contributed by atoms with Crippen LogP contribution in [0.3, 0.4) is 0 Å². The molecule has 2 aliphatic rings. The van der Waals surface area contributed by atoms with Gasteiger partial charge in [-0.3, -0.25) is 0 Å². The molecular weight excluding hydrogens is 146 g/mol. The van der Waals surface area contributed by atoms with E-state index in [1.165, 1.54) is 32.2 Å². The van der Waals surface area contributed by atoms with Crippen molar-refractivity contribution in [3.63, 3.8) is 0 Å². The Kier molecular flexibility index (Phi) is 1.76. The highest BCUT2D eigenvalue weighted by Crippen LogP contribution is 2.65. The molecule has 12 heavy (non-hydrogen) atoms. The van der Waals surface area contributed by atoms with E-state index in [1.807, 2.05) is 0 Å². The van der Waals surface area contributed by atoms with Gasteiger partial charge in [-0.15, -0.1) is 0 Å². The normalized spacial score (nSPS) is 31.2. The molecule has 0 aromatic rings. The fourth-order valence-corrected chi connectivity index (χ4v) is 3.87. The largest absolute Gasteiger partial charge is 0.319 e. The molecule has 2 saturated carbocycles. The van der Waals surface area contributed by atoms with Gasteiger partial charge in [-0.1, -0.05) is 13.8 Å². The average Bonchev–Trinajstić information content (AvgIpc) is 1.80. The summed E-state index contributed by atoms with van der Waals surface area (Å²) in [5.41, 5.74) is 1.48. The van der Waals surface area contributed by atoms with Crippen molar-refractivity contribution in [3.05, 3.63) is 0 Å². The molecule has 0 aromatic heterocycles. The van der Waals surface area contributed by atoms with Gasteiger partial charge in [0.05, 0.1) is 0 Å². The van der Waals surface area contributed by atoms with Crippen molar-refractivity contribution in [2.75, 3.05) is 13.6 Å². The lowest BCUT2D eigenvalue weighted by atomic mass is 9.44. The van der Waals surface area contributed by atoms with Crippen LogP contribution in [0, 0.1) is 16.7 Å². The van der Waals surface area contributed by atoms with Crippen LogP contribution in [0.4, 0.5) is 0 Å². The Bertz CT molecular complexity index is 167. The zero-order valence-corrected chi connectivity index (χ0v) is 8.61. The fraction of sp³-hybridized carbons (Fsp3) is 1.00. The molecule has 2 fully saturated rings. The highest BCUT2D eigenvalue weighted by Gasteiger charge is 2.55. The maximum Gasteiger partial charge on any atom is -0.00231 e. The third kappa shape index (κ3) is 1.28. The van der Waals surface area contributed by atoms with Crippen molar-refractivity contribution in [2.24, 2.45) is 16.7 Å². The molecule has 0 heterocycles. The lowest BCUT2D eigenvalue weighted by Gasteiger charge is -2.62. The lowest BCUT2D eigenvalue weighted by molar-refractivity contribution is -0.108. The monoisotopic (exact) mass is 167 g/mol. The van der Waals surface area contributed by atoms with Crippen LogP contribution in [-0.4, -0.2) is 13.6 Å². The second-order valence-electron chi connectivity index (χ2n) is 5.85. The van der Waals surface area contributed by atoms with Crippen molar-refractivity contribution in [1.29, 1.82) is 0 Å². The molecule has 1 N–H and O–H groups in total. The molecule has 70 valence electrons. The minimum absolute atomic E-state index is 0.671. The maximum absolute atomic E-state index is 3.28. The minimum atomic E-state index is 0.671. The minimum Gasteiger partial charge on any atom is -0.319 e. The molecule has 0 amide bonds. The third-order valence-electron chi connectivity index (χ3n) is 3.64. The molecule has 0 saturated heterocycles. The molecule has 2 rings (SSSR count). The van der Waals surface area contributed by atoms with Gasteiger partial charge in [0.15, 0.2) is 0 Å². The summed E-state index contributed by atoms with van der Waals surface area (Å²) in [6, 6.07) is 0. The Labute approximate surface area is 75.9 Å². The van der Waals surface area contributed by atoms with Crippen molar-refractivity contribution < 1.29 is 0 Å². The summed E-state index contributed by atoms with van der Waals surface area (Å²) in [7, 11) is 2.07. The van der Waals surface area contributed by atoms with Crippen molar-refractivity contribution in [3.8, 4) is 0 Å². The summed E-state index contributed by atoms with van der Waals surface area (Å²) in [5, 5.41) is 3.28. The van der Waals surface area contributed by atoms with Crippen molar-refractivity contribution >= 4 is 0 Å². The highest BCUT2D eigenvalue weighted by atomic mass is 14.8. The number of nitrogens with one attached hydrogen (secondary N) is 1. The van der Waals surface area contributed by atoms with Gasteiger partial charge in [-0.05, 0) is 56.0 Å². The van der Waals surface area contributed by atoms with Gasteiger partial charge in [0, 0.05) is 0 Å². The van der Waals surface area contributed by atoms with Crippen LogP contribution in [0.15, 0.2) is 0 Å². The van der Waals surface area contributed by atoms with Gasteiger partial charge in [0.1, 0.15) is 0 Å². The van der Waals surface area contributed by atoms with Crippen LogP contribution >= 0.6 is 0 Å². The Balaban J connectivity index is 1.76. The van der Waals surface area contributed by atoms with Crippen molar-refractivity contribution in [2.45, 2.75) is 39.5 Å². The van der Waals surface area contributed by atoms with E-state index < -0.39 is 0 Å². The van der Waals surface area contributed by atoms with E-state index in [2.05, 4.69) is 26.2 Å². The number of rotatable bonds is 2. The van der Waals surface area contributed by atoms with Gasteiger partial charge < -0.3 is 5.32 Å². The first kappa shape index (κ1) is 8.55. The molecule has 0 radical (unpaired) electrons. The van der Waals surface area contributed by atoms with E-state index in [-0.39, 0.29) is 0 Å². The Hall–Kier alpha value is -0.0400. The molecular formula is C11H21N. The second kappa shape index (κ2) is 2.47. The Morgan fingerprint density at radius 3 is 2.25 bits per heavy atom. The topological polar surface area (TPSA) is 12.0 Å². The number of hydrogen-bond acceptors (Lipinski definition) is 1. The summed E-state index contributed by atoms with van der Waals surface area (Å²) in [5.74, 6) is 0.992. The van der Waals surface area contributed by atoms with E-state index in [0.29, 0.717) is 5.41 Å². The third-order valence-corrected chi connectivity index (χ3v) is 3.64. The summed E-state index contributed by atoms with van der Waals surface area (Å²) >= 11 is 0. The molecule has 1 heteroatoms. The van der Waals surface area contributed by atoms with Crippen LogP contribution in [0.2, 0.25) is 0 Å². The van der Waals surface area contributed by atoms with Gasteiger partial charge in [-0.2, -0.15) is 0 Å². The predicted molar refractivity (Wildman–Crippen MR) is 52.1 cm³/mol. The summed E-state index contributed by atoms with van der Waals surface area (Å²) in [6.45, 7) is 6.05. The first-order valence-electron chi connectivity index (χ1n) is 5.20.